The van der Waals surface area contributed by atoms with Crippen molar-refractivity contribution in [2.24, 2.45) is 0 Å². The van der Waals surface area contributed by atoms with Crippen LogP contribution in [0.5, 0.6) is 5.75 Å². The maximum atomic E-state index is 12.9. The molecule has 0 radical (unpaired) electrons. The maximum Gasteiger partial charge on any atom is 0.261 e. The van der Waals surface area contributed by atoms with Crippen LogP contribution in [0.2, 0.25) is 0 Å². The van der Waals surface area contributed by atoms with Crippen molar-refractivity contribution in [2.45, 2.75) is 20.3 Å². The van der Waals surface area contributed by atoms with Crippen LogP contribution < -0.4 is 20.3 Å². The fraction of sp³-hybridized carbons (Fsp3) is 0.348. The molecule has 1 aliphatic heterocycles. The Kier molecular flexibility index (Phi) is 8.09. The Bertz CT molecular complexity index is 1020. The van der Waals surface area contributed by atoms with Crippen molar-refractivity contribution >= 4 is 56.4 Å². The zero-order valence-corrected chi connectivity index (χ0v) is 20.8. The van der Waals surface area contributed by atoms with Gasteiger partial charge in [-0.1, -0.05) is 35.0 Å². The van der Waals surface area contributed by atoms with E-state index in [-0.39, 0.29) is 16.9 Å². The zero-order valence-electron chi connectivity index (χ0n) is 18.4. The molecule has 9 heteroatoms. The van der Waals surface area contributed by atoms with E-state index in [9.17, 15) is 9.59 Å². The third-order valence-corrected chi connectivity index (χ3v) is 6.00. The van der Waals surface area contributed by atoms with Crippen LogP contribution in [0.25, 0.3) is 0 Å². The van der Waals surface area contributed by atoms with Gasteiger partial charge in [0.1, 0.15) is 5.75 Å². The summed E-state index contributed by atoms with van der Waals surface area (Å²) < 4.78 is 6.19. The van der Waals surface area contributed by atoms with Gasteiger partial charge in [0.15, 0.2) is 5.11 Å². The van der Waals surface area contributed by atoms with Gasteiger partial charge in [0.2, 0.25) is 5.91 Å². The first kappa shape index (κ1) is 24.0. The van der Waals surface area contributed by atoms with Gasteiger partial charge in [0.05, 0.1) is 24.0 Å². The number of benzene rings is 2. The number of nitrogens with one attached hydrogen (secondary N) is 2. The highest BCUT2D eigenvalue weighted by Gasteiger charge is 2.22. The fourth-order valence-corrected chi connectivity index (χ4v) is 4.54. The summed E-state index contributed by atoms with van der Waals surface area (Å²) in [7, 11) is 1.54. The van der Waals surface area contributed by atoms with E-state index in [0.717, 1.165) is 34.5 Å². The summed E-state index contributed by atoms with van der Waals surface area (Å²) >= 11 is 8.84. The number of rotatable bonds is 5. The lowest BCUT2D eigenvalue weighted by molar-refractivity contribution is -0.131. The first-order valence-corrected chi connectivity index (χ1v) is 11.6. The number of nitrogens with zero attached hydrogens (tertiary/aromatic N) is 2. The van der Waals surface area contributed by atoms with E-state index in [2.05, 4.69) is 31.5 Å². The van der Waals surface area contributed by atoms with Crippen molar-refractivity contribution in [3.8, 4) is 5.75 Å². The fourth-order valence-electron chi connectivity index (χ4n) is 3.77. The van der Waals surface area contributed by atoms with Gasteiger partial charge >= 0.3 is 0 Å². The molecule has 2 aromatic carbocycles. The van der Waals surface area contributed by atoms with Gasteiger partial charge in [-0.05, 0) is 49.0 Å². The summed E-state index contributed by atoms with van der Waals surface area (Å²) in [5.41, 5.74) is 3.01. The number of anilines is 2. The SMILES string of the molecule is CCC(=O)N1CCN(c2ccccc2NC(=S)NC(=O)c2cc(Br)cc(C)c2OC)CC1. The molecular weight excluding hydrogens is 492 g/mol. The van der Waals surface area contributed by atoms with Gasteiger partial charge in [-0.15, -0.1) is 0 Å². The van der Waals surface area contributed by atoms with Crippen LogP contribution in [0.3, 0.4) is 0 Å². The molecule has 0 atom stereocenters. The first-order valence-electron chi connectivity index (χ1n) is 10.4. The molecule has 1 fully saturated rings. The van der Waals surface area contributed by atoms with E-state index in [0.29, 0.717) is 30.8 Å². The number of amides is 2. The molecular formula is C23H27BrN4O3S. The highest BCUT2D eigenvalue weighted by molar-refractivity contribution is 9.10. The Labute approximate surface area is 202 Å². The molecule has 0 bridgehead atoms. The minimum atomic E-state index is -0.354. The van der Waals surface area contributed by atoms with Crippen molar-refractivity contribution in [3.63, 3.8) is 0 Å². The number of hydrogen-bond donors (Lipinski definition) is 2. The molecule has 0 aliphatic carbocycles. The summed E-state index contributed by atoms with van der Waals surface area (Å²) in [6.07, 6.45) is 0.522. The molecule has 2 amide bonds. The van der Waals surface area contributed by atoms with Crippen LogP contribution in [-0.4, -0.2) is 55.1 Å². The predicted octanol–water partition coefficient (Wildman–Crippen LogP) is 3.95. The summed E-state index contributed by atoms with van der Waals surface area (Å²) in [6, 6.07) is 11.4. The number of methoxy groups -OCH3 is 1. The topological polar surface area (TPSA) is 73.9 Å². The Balaban J connectivity index is 1.69. The Hall–Kier alpha value is -2.65. The third kappa shape index (κ3) is 5.58. The van der Waals surface area contributed by atoms with Crippen molar-refractivity contribution in [1.29, 1.82) is 0 Å². The Morgan fingerprint density at radius 3 is 2.50 bits per heavy atom. The van der Waals surface area contributed by atoms with Crippen LogP contribution in [0.1, 0.15) is 29.3 Å². The van der Waals surface area contributed by atoms with Crippen molar-refractivity contribution < 1.29 is 14.3 Å². The van der Waals surface area contributed by atoms with Crippen LogP contribution in [0, 0.1) is 6.92 Å². The van der Waals surface area contributed by atoms with E-state index >= 15 is 0 Å². The predicted molar refractivity (Wildman–Crippen MR) is 135 cm³/mol. The Morgan fingerprint density at radius 2 is 1.84 bits per heavy atom. The molecule has 2 N–H and O–H groups in total. The van der Waals surface area contributed by atoms with E-state index in [1.807, 2.05) is 49.1 Å². The molecule has 32 heavy (non-hydrogen) atoms. The first-order chi connectivity index (χ1) is 15.3. The number of carbonyl (C=O) groups is 2. The molecule has 1 aliphatic rings. The average molecular weight is 519 g/mol. The quantitative estimate of drug-likeness (QED) is 0.583. The van der Waals surface area contributed by atoms with E-state index in [1.54, 1.807) is 6.07 Å². The van der Waals surface area contributed by atoms with Crippen LogP contribution in [0.15, 0.2) is 40.9 Å². The number of halogens is 1. The van der Waals surface area contributed by atoms with Crippen molar-refractivity contribution in [1.82, 2.24) is 10.2 Å². The second-order valence-electron chi connectivity index (χ2n) is 7.45. The van der Waals surface area contributed by atoms with Crippen molar-refractivity contribution in [2.75, 3.05) is 43.5 Å². The van der Waals surface area contributed by atoms with Gasteiger partial charge in [-0.25, -0.2) is 0 Å². The molecule has 0 aromatic heterocycles. The van der Waals surface area contributed by atoms with Gasteiger partial charge in [0, 0.05) is 37.1 Å². The van der Waals surface area contributed by atoms with E-state index in [1.165, 1.54) is 7.11 Å². The molecule has 170 valence electrons. The minimum Gasteiger partial charge on any atom is -0.496 e. The Morgan fingerprint density at radius 1 is 1.16 bits per heavy atom. The third-order valence-electron chi connectivity index (χ3n) is 5.34. The van der Waals surface area contributed by atoms with Gasteiger partial charge in [-0.3, -0.25) is 14.9 Å². The molecule has 3 rings (SSSR count). The number of ether oxygens (including phenoxy) is 1. The molecule has 0 spiro atoms. The number of carbonyl (C=O) groups excluding carboxylic acids is 2. The number of para-hydroxylation sites is 2. The summed E-state index contributed by atoms with van der Waals surface area (Å²) in [4.78, 5) is 28.9. The van der Waals surface area contributed by atoms with Crippen molar-refractivity contribution in [3.05, 3.63) is 52.0 Å². The molecule has 0 unspecified atom stereocenters. The number of aryl methyl sites for hydroxylation is 1. The standard InChI is InChI=1S/C23H27BrN4O3S/c1-4-20(29)28-11-9-27(10-12-28)19-8-6-5-7-18(19)25-23(32)26-22(30)17-14-16(24)13-15(2)21(17)31-3/h5-8,13-14H,4,9-12H2,1-3H3,(H2,25,26,30,32). The summed E-state index contributed by atoms with van der Waals surface area (Å²) in [6.45, 7) is 6.60. The highest BCUT2D eigenvalue weighted by Crippen LogP contribution is 2.29. The largest absolute Gasteiger partial charge is 0.496 e. The number of piperazine rings is 1. The van der Waals surface area contributed by atoms with E-state index in [4.69, 9.17) is 17.0 Å². The van der Waals surface area contributed by atoms with Crippen LogP contribution >= 0.6 is 28.1 Å². The van der Waals surface area contributed by atoms with Gasteiger partial charge in [-0.2, -0.15) is 0 Å². The lowest BCUT2D eigenvalue weighted by Gasteiger charge is -2.37. The van der Waals surface area contributed by atoms with E-state index < -0.39 is 0 Å². The smallest absolute Gasteiger partial charge is 0.261 e. The second kappa shape index (κ2) is 10.8. The highest BCUT2D eigenvalue weighted by atomic mass is 79.9. The summed E-state index contributed by atoms with van der Waals surface area (Å²) in [5.74, 6) is 0.333. The van der Waals surface area contributed by atoms with Crippen LogP contribution in [-0.2, 0) is 4.79 Å². The number of thiocarbonyl (C=S) groups is 1. The lowest BCUT2D eigenvalue weighted by Crippen LogP contribution is -2.48. The molecule has 1 heterocycles. The van der Waals surface area contributed by atoms with Gasteiger partial charge in [0.25, 0.3) is 5.91 Å². The van der Waals surface area contributed by atoms with Gasteiger partial charge < -0.3 is 19.9 Å². The monoisotopic (exact) mass is 518 g/mol. The number of hydrogen-bond acceptors (Lipinski definition) is 5. The van der Waals surface area contributed by atoms with Crippen LogP contribution in [0.4, 0.5) is 11.4 Å². The molecule has 0 saturated carbocycles. The molecule has 7 nitrogen and oxygen atoms in total. The maximum absolute atomic E-state index is 12.9. The minimum absolute atomic E-state index is 0.179. The normalized spacial score (nSPS) is 13.5. The summed E-state index contributed by atoms with van der Waals surface area (Å²) in [5, 5.41) is 6.08. The zero-order chi connectivity index (χ0) is 23.3. The lowest BCUT2D eigenvalue weighted by atomic mass is 10.1. The average Bonchev–Trinajstić information content (AvgIpc) is 2.78. The second-order valence-corrected chi connectivity index (χ2v) is 8.77. The molecule has 1 saturated heterocycles. The molecule has 2 aromatic rings.